The van der Waals surface area contributed by atoms with Crippen molar-refractivity contribution in [2.24, 2.45) is 16.0 Å². The summed E-state index contributed by atoms with van der Waals surface area (Å²) in [5.74, 6) is 0.0350. The van der Waals surface area contributed by atoms with Gasteiger partial charge in [0.05, 0.1) is 6.54 Å². The van der Waals surface area contributed by atoms with E-state index in [1.807, 2.05) is 0 Å². The van der Waals surface area contributed by atoms with Gasteiger partial charge in [-0.2, -0.15) is 0 Å². The van der Waals surface area contributed by atoms with Gasteiger partial charge >= 0.3 is 0 Å². The number of rotatable bonds is 3. The molecule has 0 radical (unpaired) electrons. The molecule has 3 N–H and O–H groups in total. The zero-order chi connectivity index (χ0) is 10.4. The van der Waals surface area contributed by atoms with E-state index in [9.17, 15) is 0 Å². The molecule has 7 heteroatoms. The monoisotopic (exact) mass is 227 g/mol. The lowest BCUT2D eigenvalue weighted by atomic mass is 10.1. The third kappa shape index (κ3) is 3.76. The standard InChI is InChI=1S/C8H9N5O.ClH/c9-8(12-14)7-3-1-2-6(4-7)5-11-13-10;/h1-4,14H,5H2,(H2,9,12);1H. The van der Waals surface area contributed by atoms with Crippen molar-refractivity contribution in [3.63, 3.8) is 0 Å². The maximum absolute atomic E-state index is 8.44. The van der Waals surface area contributed by atoms with Crippen LogP contribution in [-0.4, -0.2) is 11.0 Å². The van der Waals surface area contributed by atoms with Crippen molar-refractivity contribution in [2.75, 3.05) is 0 Å². The number of amidine groups is 1. The van der Waals surface area contributed by atoms with Gasteiger partial charge in [0.2, 0.25) is 0 Å². The highest BCUT2D eigenvalue weighted by Gasteiger charge is 1.99. The van der Waals surface area contributed by atoms with E-state index in [-0.39, 0.29) is 24.8 Å². The van der Waals surface area contributed by atoms with Crippen LogP contribution in [0.5, 0.6) is 0 Å². The van der Waals surface area contributed by atoms with Crippen molar-refractivity contribution >= 4 is 18.2 Å². The van der Waals surface area contributed by atoms with Crippen LogP contribution < -0.4 is 5.73 Å². The van der Waals surface area contributed by atoms with Crippen molar-refractivity contribution in [3.05, 3.63) is 45.8 Å². The van der Waals surface area contributed by atoms with Crippen molar-refractivity contribution in [1.29, 1.82) is 0 Å². The second kappa shape index (κ2) is 6.53. The van der Waals surface area contributed by atoms with Crippen LogP contribution in [0, 0.1) is 0 Å². The molecule has 0 spiro atoms. The summed E-state index contributed by atoms with van der Waals surface area (Å²) >= 11 is 0. The normalized spacial score (nSPS) is 10.0. The molecule has 0 aliphatic rings. The van der Waals surface area contributed by atoms with Gasteiger partial charge in [0, 0.05) is 10.5 Å². The number of halogens is 1. The second-order valence-electron chi connectivity index (χ2n) is 2.57. The summed E-state index contributed by atoms with van der Waals surface area (Å²) in [5.41, 5.74) is 14.9. The van der Waals surface area contributed by atoms with Crippen LogP contribution in [0.2, 0.25) is 0 Å². The Morgan fingerprint density at radius 1 is 1.53 bits per heavy atom. The number of hydrogen-bond donors (Lipinski definition) is 2. The predicted octanol–water partition coefficient (Wildman–Crippen LogP) is 2.01. The highest BCUT2D eigenvalue weighted by molar-refractivity contribution is 5.97. The average molecular weight is 228 g/mol. The average Bonchev–Trinajstić information content (AvgIpc) is 2.25. The summed E-state index contributed by atoms with van der Waals surface area (Å²) in [7, 11) is 0. The molecule has 0 bridgehead atoms. The molecule has 0 amide bonds. The Bertz CT molecular complexity index is 400. The van der Waals surface area contributed by atoms with Gasteiger partial charge in [0.1, 0.15) is 0 Å². The highest BCUT2D eigenvalue weighted by Crippen LogP contribution is 2.06. The van der Waals surface area contributed by atoms with Gasteiger partial charge in [-0.05, 0) is 17.2 Å². The molecule has 0 aliphatic heterocycles. The minimum Gasteiger partial charge on any atom is -0.409 e. The largest absolute Gasteiger partial charge is 0.409 e. The lowest BCUT2D eigenvalue weighted by Gasteiger charge is -2.00. The number of hydrogen-bond acceptors (Lipinski definition) is 3. The topological polar surface area (TPSA) is 107 Å². The van der Waals surface area contributed by atoms with Crippen LogP contribution in [0.3, 0.4) is 0 Å². The fourth-order valence-corrected chi connectivity index (χ4v) is 1.00. The van der Waals surface area contributed by atoms with E-state index in [2.05, 4.69) is 15.2 Å². The zero-order valence-electron chi connectivity index (χ0n) is 7.74. The Balaban J connectivity index is 0.00000196. The SMILES string of the molecule is Cl.[N-]=[N+]=NCc1cccc(/C(N)=N/O)c1. The highest BCUT2D eigenvalue weighted by atomic mass is 35.5. The first-order chi connectivity index (χ1) is 6.77. The van der Waals surface area contributed by atoms with E-state index < -0.39 is 0 Å². The molecule has 0 heterocycles. The number of oxime groups is 1. The molecular weight excluding hydrogens is 218 g/mol. The zero-order valence-corrected chi connectivity index (χ0v) is 8.55. The van der Waals surface area contributed by atoms with Gasteiger partial charge in [0.25, 0.3) is 0 Å². The van der Waals surface area contributed by atoms with Crippen LogP contribution in [0.25, 0.3) is 10.4 Å². The van der Waals surface area contributed by atoms with Crippen LogP contribution >= 0.6 is 12.4 Å². The van der Waals surface area contributed by atoms with Crippen LogP contribution in [-0.2, 0) is 6.54 Å². The number of azide groups is 1. The molecule has 0 aromatic heterocycles. The molecule has 1 rings (SSSR count). The number of nitrogens with two attached hydrogens (primary N) is 1. The number of nitrogens with zero attached hydrogens (tertiary/aromatic N) is 4. The minimum atomic E-state index is 0. The summed E-state index contributed by atoms with van der Waals surface area (Å²) in [5, 5.41) is 14.7. The first kappa shape index (κ1) is 13.1. The Kier molecular flexibility index (Phi) is 5.70. The minimum absolute atomic E-state index is 0. The molecule has 0 aliphatic carbocycles. The fraction of sp³-hybridized carbons (Fsp3) is 0.125. The summed E-state index contributed by atoms with van der Waals surface area (Å²) in [6.45, 7) is 0.253. The van der Waals surface area contributed by atoms with E-state index in [0.29, 0.717) is 5.56 Å². The van der Waals surface area contributed by atoms with Crippen LogP contribution in [0.15, 0.2) is 34.5 Å². The molecule has 0 saturated heterocycles. The van der Waals surface area contributed by atoms with Gasteiger partial charge < -0.3 is 10.9 Å². The van der Waals surface area contributed by atoms with Crippen molar-refractivity contribution in [2.45, 2.75) is 6.54 Å². The van der Waals surface area contributed by atoms with Crippen molar-refractivity contribution < 1.29 is 5.21 Å². The van der Waals surface area contributed by atoms with E-state index in [1.54, 1.807) is 24.3 Å². The van der Waals surface area contributed by atoms with Gasteiger partial charge in [-0.15, -0.1) is 12.4 Å². The molecular formula is C8H10ClN5O. The second-order valence-corrected chi connectivity index (χ2v) is 2.57. The van der Waals surface area contributed by atoms with E-state index in [4.69, 9.17) is 16.5 Å². The molecule has 0 saturated carbocycles. The summed E-state index contributed by atoms with van der Waals surface area (Å²) < 4.78 is 0. The first-order valence-corrected chi connectivity index (χ1v) is 3.85. The van der Waals surface area contributed by atoms with Crippen molar-refractivity contribution in [1.82, 2.24) is 0 Å². The Labute approximate surface area is 92.4 Å². The maximum atomic E-state index is 8.44. The smallest absolute Gasteiger partial charge is 0.170 e. The third-order valence-electron chi connectivity index (χ3n) is 1.65. The molecule has 1 aromatic rings. The van der Waals surface area contributed by atoms with E-state index >= 15 is 0 Å². The van der Waals surface area contributed by atoms with E-state index in [1.165, 1.54) is 0 Å². The van der Waals surface area contributed by atoms with Crippen LogP contribution in [0.1, 0.15) is 11.1 Å². The lowest BCUT2D eigenvalue weighted by Crippen LogP contribution is -2.13. The maximum Gasteiger partial charge on any atom is 0.170 e. The molecule has 0 atom stereocenters. The quantitative estimate of drug-likeness (QED) is 0.157. The Hall–Kier alpha value is -1.91. The van der Waals surface area contributed by atoms with Gasteiger partial charge in [0.15, 0.2) is 5.84 Å². The Morgan fingerprint density at radius 3 is 2.87 bits per heavy atom. The molecule has 80 valence electrons. The van der Waals surface area contributed by atoms with Crippen LogP contribution in [0.4, 0.5) is 0 Å². The fourth-order valence-electron chi connectivity index (χ4n) is 1.00. The van der Waals surface area contributed by atoms with Crippen molar-refractivity contribution in [3.8, 4) is 0 Å². The predicted molar refractivity (Wildman–Crippen MR) is 59.1 cm³/mol. The Morgan fingerprint density at radius 2 is 2.27 bits per heavy atom. The molecule has 1 aromatic carbocycles. The third-order valence-corrected chi connectivity index (χ3v) is 1.65. The summed E-state index contributed by atoms with van der Waals surface area (Å²) in [6, 6.07) is 6.94. The molecule has 6 nitrogen and oxygen atoms in total. The summed E-state index contributed by atoms with van der Waals surface area (Å²) in [6.07, 6.45) is 0. The molecule has 15 heavy (non-hydrogen) atoms. The molecule has 0 fully saturated rings. The van der Waals surface area contributed by atoms with Gasteiger partial charge in [-0.25, -0.2) is 0 Å². The molecule has 0 unspecified atom stereocenters. The van der Waals surface area contributed by atoms with Gasteiger partial charge in [-0.1, -0.05) is 28.5 Å². The summed E-state index contributed by atoms with van der Waals surface area (Å²) in [4.78, 5) is 2.64. The van der Waals surface area contributed by atoms with E-state index in [0.717, 1.165) is 5.56 Å². The first-order valence-electron chi connectivity index (χ1n) is 3.85. The lowest BCUT2D eigenvalue weighted by molar-refractivity contribution is 0.318. The van der Waals surface area contributed by atoms with Gasteiger partial charge in [-0.3, -0.25) is 0 Å². The number of benzene rings is 1.